The molecule has 7 heteroatoms. The fourth-order valence-electron chi connectivity index (χ4n) is 2.93. The molecule has 0 bridgehead atoms. The van der Waals surface area contributed by atoms with Crippen molar-refractivity contribution in [3.63, 3.8) is 0 Å². The molecule has 3 heterocycles. The van der Waals surface area contributed by atoms with E-state index in [1.165, 1.54) is 4.31 Å². The molecule has 2 aliphatic rings. The molecule has 0 N–H and O–H groups in total. The molecule has 1 unspecified atom stereocenters. The molecular weight excluding hydrogens is 292 g/mol. The number of rotatable bonds is 5. The van der Waals surface area contributed by atoms with Crippen molar-refractivity contribution in [1.82, 2.24) is 9.29 Å². The van der Waals surface area contributed by atoms with Crippen LogP contribution in [0.1, 0.15) is 13.3 Å². The van der Waals surface area contributed by atoms with Crippen molar-refractivity contribution in [2.75, 3.05) is 32.1 Å². The van der Waals surface area contributed by atoms with Crippen LogP contribution in [0.15, 0.2) is 24.5 Å². The molecule has 2 aliphatic heterocycles. The number of hydrogen-bond donors (Lipinski definition) is 0. The summed E-state index contributed by atoms with van der Waals surface area (Å²) in [4.78, 5) is 4.01. The van der Waals surface area contributed by atoms with E-state index in [4.69, 9.17) is 9.47 Å². The quantitative estimate of drug-likeness (QED) is 0.808. The number of nitrogens with zero attached hydrogens (tertiary/aromatic N) is 2. The van der Waals surface area contributed by atoms with Gasteiger partial charge in [0.15, 0.2) is 0 Å². The first-order chi connectivity index (χ1) is 10.1. The minimum absolute atomic E-state index is 0.139. The van der Waals surface area contributed by atoms with Crippen LogP contribution in [0.4, 0.5) is 0 Å². The van der Waals surface area contributed by atoms with Gasteiger partial charge in [-0.1, -0.05) is 0 Å². The maximum absolute atomic E-state index is 11.8. The standard InChI is InChI=1S/C14H20N2O4S/c1-2-21(17,18)16-10-14(11-16)12(5-7-20-14)9-19-13-4-3-6-15-8-13/h3-4,6,8,12H,2,5,7,9-11H2,1H3. The third kappa shape index (κ3) is 2.77. The lowest BCUT2D eigenvalue weighted by molar-refractivity contribution is -0.107. The smallest absolute Gasteiger partial charge is 0.214 e. The van der Waals surface area contributed by atoms with E-state index in [9.17, 15) is 8.42 Å². The Morgan fingerprint density at radius 2 is 2.33 bits per heavy atom. The molecule has 0 saturated carbocycles. The zero-order valence-corrected chi connectivity index (χ0v) is 12.9. The van der Waals surface area contributed by atoms with Crippen molar-refractivity contribution < 1.29 is 17.9 Å². The van der Waals surface area contributed by atoms with Crippen LogP contribution in [0.3, 0.4) is 0 Å². The second-order valence-corrected chi connectivity index (χ2v) is 7.82. The van der Waals surface area contributed by atoms with Gasteiger partial charge < -0.3 is 9.47 Å². The number of ether oxygens (including phenoxy) is 2. The predicted molar refractivity (Wildman–Crippen MR) is 77.6 cm³/mol. The van der Waals surface area contributed by atoms with E-state index in [1.54, 1.807) is 19.3 Å². The summed E-state index contributed by atoms with van der Waals surface area (Å²) in [6, 6.07) is 3.69. The van der Waals surface area contributed by atoms with Gasteiger partial charge in [0.05, 0.1) is 18.6 Å². The Morgan fingerprint density at radius 1 is 1.52 bits per heavy atom. The molecule has 2 saturated heterocycles. The first-order valence-corrected chi connectivity index (χ1v) is 8.81. The number of pyridine rings is 1. The third-order valence-corrected chi connectivity index (χ3v) is 6.11. The maximum Gasteiger partial charge on any atom is 0.214 e. The van der Waals surface area contributed by atoms with E-state index in [-0.39, 0.29) is 17.3 Å². The van der Waals surface area contributed by atoms with Crippen LogP contribution in [0.2, 0.25) is 0 Å². The van der Waals surface area contributed by atoms with E-state index in [0.29, 0.717) is 26.3 Å². The van der Waals surface area contributed by atoms with Crippen LogP contribution in [0, 0.1) is 5.92 Å². The van der Waals surface area contributed by atoms with Crippen LogP contribution >= 0.6 is 0 Å². The molecule has 1 atom stereocenters. The molecule has 0 amide bonds. The lowest BCUT2D eigenvalue weighted by Gasteiger charge is -2.48. The molecule has 0 aromatic carbocycles. The lowest BCUT2D eigenvalue weighted by Crippen LogP contribution is -2.66. The second kappa shape index (κ2) is 5.55. The predicted octanol–water partition coefficient (Wildman–Crippen LogP) is 0.901. The topological polar surface area (TPSA) is 68.7 Å². The normalized spacial score (nSPS) is 24.9. The van der Waals surface area contributed by atoms with Crippen LogP contribution in [0.25, 0.3) is 0 Å². The Labute approximate surface area is 125 Å². The van der Waals surface area contributed by atoms with Gasteiger partial charge >= 0.3 is 0 Å². The van der Waals surface area contributed by atoms with E-state index in [2.05, 4.69) is 4.98 Å². The van der Waals surface area contributed by atoms with E-state index < -0.39 is 10.0 Å². The molecular formula is C14H20N2O4S. The monoisotopic (exact) mass is 312 g/mol. The van der Waals surface area contributed by atoms with Gasteiger partial charge in [-0.3, -0.25) is 4.98 Å². The summed E-state index contributed by atoms with van der Waals surface area (Å²) in [5, 5.41) is 0. The Hall–Kier alpha value is -1.18. The molecule has 3 rings (SSSR count). The van der Waals surface area contributed by atoms with Gasteiger partial charge in [-0.15, -0.1) is 0 Å². The minimum Gasteiger partial charge on any atom is -0.492 e. The van der Waals surface area contributed by atoms with Gasteiger partial charge in [0.2, 0.25) is 10.0 Å². The summed E-state index contributed by atoms with van der Waals surface area (Å²) in [6.45, 7) is 3.76. The summed E-state index contributed by atoms with van der Waals surface area (Å²) in [5.74, 6) is 1.10. The van der Waals surface area contributed by atoms with Crippen molar-refractivity contribution in [3.05, 3.63) is 24.5 Å². The van der Waals surface area contributed by atoms with E-state index >= 15 is 0 Å². The van der Waals surface area contributed by atoms with Crippen molar-refractivity contribution in [3.8, 4) is 5.75 Å². The van der Waals surface area contributed by atoms with Crippen molar-refractivity contribution >= 4 is 10.0 Å². The van der Waals surface area contributed by atoms with E-state index in [1.807, 2.05) is 12.1 Å². The van der Waals surface area contributed by atoms with E-state index in [0.717, 1.165) is 12.2 Å². The fourth-order valence-corrected chi connectivity index (χ4v) is 4.12. The van der Waals surface area contributed by atoms with Gasteiger partial charge in [-0.05, 0) is 25.5 Å². The highest BCUT2D eigenvalue weighted by Gasteiger charge is 2.56. The van der Waals surface area contributed by atoms with Crippen molar-refractivity contribution in [2.24, 2.45) is 5.92 Å². The first-order valence-electron chi connectivity index (χ1n) is 7.20. The summed E-state index contributed by atoms with van der Waals surface area (Å²) in [7, 11) is -3.11. The van der Waals surface area contributed by atoms with Crippen LogP contribution in [-0.2, 0) is 14.8 Å². The zero-order chi connectivity index (χ0) is 14.9. The SMILES string of the molecule is CCS(=O)(=O)N1CC2(C1)OCCC2COc1cccnc1. The summed E-state index contributed by atoms with van der Waals surface area (Å²) < 4.78 is 36.8. The lowest BCUT2D eigenvalue weighted by atomic mass is 9.83. The highest BCUT2D eigenvalue weighted by atomic mass is 32.2. The number of hydrogen-bond acceptors (Lipinski definition) is 5. The summed E-state index contributed by atoms with van der Waals surface area (Å²) >= 11 is 0. The van der Waals surface area contributed by atoms with Crippen molar-refractivity contribution in [2.45, 2.75) is 18.9 Å². The van der Waals surface area contributed by atoms with Crippen LogP contribution < -0.4 is 4.74 Å². The molecule has 21 heavy (non-hydrogen) atoms. The minimum atomic E-state index is -3.11. The Bertz CT molecular complexity index is 584. The Morgan fingerprint density at radius 3 is 3.00 bits per heavy atom. The van der Waals surface area contributed by atoms with Gasteiger partial charge in [-0.25, -0.2) is 8.42 Å². The van der Waals surface area contributed by atoms with Gasteiger partial charge in [0.1, 0.15) is 11.4 Å². The van der Waals surface area contributed by atoms with Crippen LogP contribution in [0.5, 0.6) is 5.75 Å². The molecule has 0 radical (unpaired) electrons. The Kier molecular flexibility index (Phi) is 3.90. The zero-order valence-electron chi connectivity index (χ0n) is 12.1. The second-order valence-electron chi connectivity index (χ2n) is 5.57. The van der Waals surface area contributed by atoms with Crippen molar-refractivity contribution in [1.29, 1.82) is 0 Å². The fraction of sp³-hybridized carbons (Fsp3) is 0.643. The number of sulfonamides is 1. The van der Waals surface area contributed by atoms with Gasteiger partial charge in [-0.2, -0.15) is 4.31 Å². The molecule has 0 aliphatic carbocycles. The molecule has 116 valence electrons. The summed E-state index contributed by atoms with van der Waals surface area (Å²) in [5.41, 5.74) is -0.357. The molecule has 1 spiro atoms. The summed E-state index contributed by atoms with van der Waals surface area (Å²) in [6.07, 6.45) is 4.28. The average molecular weight is 312 g/mol. The third-order valence-electron chi connectivity index (χ3n) is 4.33. The van der Waals surface area contributed by atoms with Crippen LogP contribution in [-0.4, -0.2) is 55.4 Å². The Balaban J connectivity index is 1.60. The molecule has 1 aromatic heterocycles. The number of aromatic nitrogens is 1. The highest BCUT2D eigenvalue weighted by molar-refractivity contribution is 7.89. The highest BCUT2D eigenvalue weighted by Crippen LogP contribution is 2.41. The maximum atomic E-state index is 11.8. The molecule has 1 aromatic rings. The average Bonchev–Trinajstić information content (AvgIpc) is 2.88. The van der Waals surface area contributed by atoms with Gasteiger partial charge in [0, 0.05) is 31.8 Å². The largest absolute Gasteiger partial charge is 0.492 e. The molecule has 2 fully saturated rings. The van der Waals surface area contributed by atoms with Gasteiger partial charge in [0.25, 0.3) is 0 Å². The molecule has 6 nitrogen and oxygen atoms in total. The first kappa shape index (κ1) is 14.7.